The number of fused-ring (bicyclic) bond motifs is 10. The fraction of sp³-hybridized carbons (Fsp3) is 0. The van der Waals surface area contributed by atoms with Gasteiger partial charge in [0.05, 0.1) is 45.3 Å². The molecule has 6 heteroatoms. The van der Waals surface area contributed by atoms with Gasteiger partial charge in [-0.3, -0.25) is 0 Å². The molecule has 0 radical (unpaired) electrons. The van der Waals surface area contributed by atoms with Crippen molar-refractivity contribution >= 4 is 94.4 Å². The summed E-state index contributed by atoms with van der Waals surface area (Å²) in [6.45, 7) is 0. The highest BCUT2D eigenvalue weighted by molar-refractivity contribution is 7.20. The first kappa shape index (κ1) is 35.5. The van der Waals surface area contributed by atoms with Crippen LogP contribution in [0.2, 0.25) is 0 Å². The van der Waals surface area contributed by atoms with Crippen LogP contribution in [0.4, 0.5) is 0 Å². The molecule has 3 heterocycles. The molecule has 0 spiro atoms. The molecule has 0 amide bonds. The van der Waals surface area contributed by atoms with E-state index in [4.69, 9.17) is 4.42 Å². The van der Waals surface area contributed by atoms with Crippen molar-refractivity contribution in [2.45, 2.75) is 0 Å². The molecule has 288 valence electrons. The fourth-order valence-corrected chi connectivity index (χ4v) is 15.0. The summed E-state index contributed by atoms with van der Waals surface area (Å²) in [4.78, 5) is 0. The van der Waals surface area contributed by atoms with E-state index in [0.717, 1.165) is 97.7 Å². The van der Waals surface area contributed by atoms with Gasteiger partial charge in [0.2, 0.25) is 0 Å². The number of rotatable bonds is 6. The number of benzene rings is 9. The Balaban J connectivity index is 1.21. The van der Waals surface area contributed by atoms with Gasteiger partial charge in [-0.2, -0.15) is 10.5 Å². The van der Waals surface area contributed by atoms with Gasteiger partial charge in [0.1, 0.15) is 11.2 Å². The van der Waals surface area contributed by atoms with Crippen LogP contribution in [0.15, 0.2) is 211 Å². The Labute approximate surface area is 357 Å². The zero-order valence-corrected chi connectivity index (χ0v) is 34.3. The largest absolute Gasteiger partial charge is 0.456 e. The van der Waals surface area contributed by atoms with E-state index in [1.165, 1.54) is 0 Å². The molecule has 0 saturated carbocycles. The number of hydrogen-bond acceptors (Lipinski definition) is 3. The van der Waals surface area contributed by atoms with Crippen molar-refractivity contribution in [3.05, 3.63) is 217 Å². The second-order valence-electron chi connectivity index (χ2n) is 15.9. The maximum atomic E-state index is 11.0. The molecule has 0 bridgehead atoms. The lowest BCUT2D eigenvalue weighted by molar-refractivity contribution is 0.669. The predicted octanol–water partition coefficient (Wildman–Crippen LogP) is 10.9. The molecule has 0 N–H and O–H groups in total. The minimum Gasteiger partial charge on any atom is -0.456 e. The number of furan rings is 1. The van der Waals surface area contributed by atoms with E-state index >= 15 is 0 Å². The first-order valence-corrected chi connectivity index (χ1v) is 22.7. The number of para-hydroxylation sites is 4. The predicted molar refractivity (Wildman–Crippen MR) is 255 cm³/mol. The summed E-state index contributed by atoms with van der Waals surface area (Å²) >= 11 is 0. The SMILES string of the molecule is N#Cc1cc(-n2c3ccccc3c3ccccc32)cc([Si](c2ccccc2)(c2ccccc2)c2cc(C#N)cc(-n3c4ccccc4c4c5c(ccc43)oc3ccccc35)c2)c1. The molecular weight excluding hydrogens is 773 g/mol. The van der Waals surface area contributed by atoms with E-state index in [1.807, 2.05) is 24.3 Å². The second kappa shape index (κ2) is 13.8. The van der Waals surface area contributed by atoms with Crippen molar-refractivity contribution in [1.82, 2.24) is 9.13 Å². The van der Waals surface area contributed by atoms with Crippen molar-refractivity contribution in [2.24, 2.45) is 0 Å². The lowest BCUT2D eigenvalue weighted by Gasteiger charge is -2.35. The van der Waals surface area contributed by atoms with Crippen LogP contribution in [0.5, 0.6) is 0 Å². The summed E-state index contributed by atoms with van der Waals surface area (Å²) in [5.74, 6) is 0. The normalized spacial score (nSPS) is 11.8. The summed E-state index contributed by atoms with van der Waals surface area (Å²) in [7, 11) is -3.37. The molecule has 0 aliphatic rings. The zero-order valence-electron chi connectivity index (χ0n) is 33.3. The van der Waals surface area contributed by atoms with Gasteiger partial charge in [0, 0.05) is 43.7 Å². The Bertz CT molecular complexity index is 3750. The lowest BCUT2D eigenvalue weighted by Crippen LogP contribution is -2.75. The number of aromatic nitrogens is 2. The maximum absolute atomic E-state index is 11.0. The highest BCUT2D eigenvalue weighted by Crippen LogP contribution is 2.41. The van der Waals surface area contributed by atoms with Gasteiger partial charge in [-0.1, -0.05) is 133 Å². The Morgan fingerprint density at radius 2 is 0.806 bits per heavy atom. The van der Waals surface area contributed by atoms with E-state index in [0.29, 0.717) is 11.1 Å². The Hall–Kier alpha value is -8.42. The van der Waals surface area contributed by atoms with Gasteiger partial charge in [-0.15, -0.1) is 0 Å². The van der Waals surface area contributed by atoms with Crippen molar-refractivity contribution in [2.75, 3.05) is 0 Å². The van der Waals surface area contributed by atoms with Gasteiger partial charge >= 0.3 is 0 Å². The van der Waals surface area contributed by atoms with Gasteiger partial charge in [0.25, 0.3) is 0 Å². The van der Waals surface area contributed by atoms with E-state index in [-0.39, 0.29) is 0 Å². The average molecular weight is 807 g/mol. The van der Waals surface area contributed by atoms with Crippen molar-refractivity contribution in [3.8, 4) is 23.5 Å². The maximum Gasteiger partial charge on any atom is 0.179 e. The van der Waals surface area contributed by atoms with Crippen molar-refractivity contribution < 1.29 is 4.42 Å². The summed E-state index contributed by atoms with van der Waals surface area (Å²) in [6, 6.07) is 77.2. The molecule has 0 saturated heterocycles. The molecule has 0 aliphatic heterocycles. The van der Waals surface area contributed by atoms with Gasteiger partial charge in [-0.05, 0) is 93.5 Å². The summed E-state index contributed by atoms with van der Waals surface area (Å²) in [6.07, 6.45) is 0. The molecule has 0 fully saturated rings. The molecular formula is C56H34N4OSi. The topological polar surface area (TPSA) is 70.6 Å². The van der Waals surface area contributed by atoms with Crippen LogP contribution >= 0.6 is 0 Å². The van der Waals surface area contributed by atoms with Crippen molar-refractivity contribution in [3.63, 3.8) is 0 Å². The molecule has 0 aliphatic carbocycles. The molecule has 0 atom stereocenters. The molecule has 62 heavy (non-hydrogen) atoms. The minimum atomic E-state index is -3.37. The van der Waals surface area contributed by atoms with Crippen LogP contribution in [0.1, 0.15) is 11.1 Å². The highest BCUT2D eigenvalue weighted by Gasteiger charge is 2.43. The third-order valence-corrected chi connectivity index (χ3v) is 17.4. The fourth-order valence-electron chi connectivity index (χ4n) is 10.2. The first-order valence-electron chi connectivity index (χ1n) is 20.7. The second-order valence-corrected chi connectivity index (χ2v) is 19.7. The molecule has 0 unspecified atom stereocenters. The average Bonchev–Trinajstić information content (AvgIpc) is 4.00. The number of nitrogens with zero attached hydrogens (tertiary/aromatic N) is 4. The Kier molecular flexibility index (Phi) is 7.92. The lowest BCUT2D eigenvalue weighted by atomic mass is 10.1. The van der Waals surface area contributed by atoms with Crippen LogP contribution in [-0.4, -0.2) is 17.2 Å². The van der Waals surface area contributed by atoms with Crippen molar-refractivity contribution in [1.29, 1.82) is 10.5 Å². The highest BCUT2D eigenvalue weighted by atomic mass is 28.3. The smallest absolute Gasteiger partial charge is 0.179 e. The minimum absolute atomic E-state index is 0.557. The van der Waals surface area contributed by atoms with Gasteiger partial charge in [-0.25, -0.2) is 0 Å². The monoisotopic (exact) mass is 806 g/mol. The number of hydrogen-bond donors (Lipinski definition) is 0. The van der Waals surface area contributed by atoms with E-state index in [1.54, 1.807) is 0 Å². The van der Waals surface area contributed by atoms with Gasteiger partial charge < -0.3 is 13.6 Å². The van der Waals surface area contributed by atoms with Crippen LogP contribution in [-0.2, 0) is 0 Å². The quantitative estimate of drug-likeness (QED) is 0.124. The molecule has 12 aromatic rings. The third kappa shape index (κ3) is 5.12. The third-order valence-electron chi connectivity index (χ3n) is 12.6. The summed E-state index contributed by atoms with van der Waals surface area (Å²) < 4.78 is 11.0. The number of nitriles is 2. The zero-order chi connectivity index (χ0) is 41.4. The Morgan fingerprint density at radius 3 is 1.35 bits per heavy atom. The van der Waals surface area contributed by atoms with Crippen LogP contribution in [0, 0.1) is 22.7 Å². The van der Waals surface area contributed by atoms with E-state index < -0.39 is 8.07 Å². The van der Waals surface area contributed by atoms with Gasteiger partial charge in [0.15, 0.2) is 8.07 Å². The Morgan fingerprint density at radius 1 is 0.355 bits per heavy atom. The van der Waals surface area contributed by atoms with Crippen LogP contribution in [0.3, 0.4) is 0 Å². The van der Waals surface area contributed by atoms with E-state index in [9.17, 15) is 10.5 Å². The van der Waals surface area contributed by atoms with Crippen LogP contribution < -0.4 is 20.7 Å². The molecule has 9 aromatic carbocycles. The first-order chi connectivity index (χ1) is 30.6. The van der Waals surface area contributed by atoms with Crippen LogP contribution in [0.25, 0.3) is 76.9 Å². The molecule has 12 rings (SSSR count). The molecule has 3 aromatic heterocycles. The molecule has 5 nitrogen and oxygen atoms in total. The van der Waals surface area contributed by atoms with E-state index in [2.05, 4.69) is 203 Å². The standard InChI is InChI=1S/C56H34N4OSi/c57-35-37-29-39(59-49-23-11-7-19-45(49)46-20-8-12-24-50(46)59)33-43(31-37)62(41-15-3-1-4-16-41,42-17-5-2-6-18-42)44-32-38(36-58)30-40(34-44)60-51-25-13-9-21-47(51)55-52(60)27-28-54-56(55)48-22-10-14-26-53(48)61-54/h1-34H. The summed E-state index contributed by atoms with van der Waals surface area (Å²) in [5, 5.41) is 32.9. The summed E-state index contributed by atoms with van der Waals surface area (Å²) in [5.41, 5.74) is 8.81.